The zero-order valence-electron chi connectivity index (χ0n) is 16.5. The molecule has 0 amide bonds. The van der Waals surface area contributed by atoms with Gasteiger partial charge in [-0.25, -0.2) is 18.4 Å². The number of fused-ring (bicyclic) bond motifs is 2. The van der Waals surface area contributed by atoms with Crippen molar-refractivity contribution in [1.82, 2.24) is 25.1 Å². The summed E-state index contributed by atoms with van der Waals surface area (Å²) in [5, 5.41) is 17.9. The van der Waals surface area contributed by atoms with Gasteiger partial charge in [-0.3, -0.25) is 9.82 Å². The molecule has 3 heterocycles. The first kappa shape index (κ1) is 19.2. The van der Waals surface area contributed by atoms with Crippen LogP contribution in [0.4, 0.5) is 17.5 Å². The van der Waals surface area contributed by atoms with Gasteiger partial charge in [-0.05, 0) is 42.2 Å². The van der Waals surface area contributed by atoms with Crippen molar-refractivity contribution in [2.45, 2.75) is 18.9 Å². The number of nitrogens with one attached hydrogen (secondary N) is 2. The number of pyridine rings is 1. The maximum Gasteiger partial charge on any atom is 0.232 e. The number of aromatic hydroxyl groups is 1. The lowest BCUT2D eigenvalue weighted by atomic mass is 10.1. The standard InChI is InChI=1S/C20H19N7O3S/c1-31(29,30)26-18-8-5-13(11-21-18)27(20-22-9-12-10-23-25-19(12)24-20)16-7-6-15-14(16)3-2-4-17(15)28/h2-5,8-11,16,28H,6-7H2,1H3,(H,21,26)(H,22,23,24,25). The van der Waals surface area contributed by atoms with E-state index in [-0.39, 0.29) is 17.6 Å². The molecule has 31 heavy (non-hydrogen) atoms. The number of H-pyrrole nitrogens is 1. The Kier molecular flexibility index (Phi) is 4.47. The average Bonchev–Trinajstić information content (AvgIpc) is 3.36. The Morgan fingerprint density at radius 1 is 1.16 bits per heavy atom. The minimum Gasteiger partial charge on any atom is -0.508 e. The Bertz CT molecular complexity index is 1370. The molecule has 0 radical (unpaired) electrons. The topological polar surface area (TPSA) is 137 Å². The third-order valence-electron chi connectivity index (χ3n) is 5.24. The number of benzene rings is 1. The molecule has 1 atom stereocenters. The first-order valence-electron chi connectivity index (χ1n) is 9.59. The Morgan fingerprint density at radius 3 is 2.81 bits per heavy atom. The predicted octanol–water partition coefficient (Wildman–Crippen LogP) is 2.65. The zero-order valence-corrected chi connectivity index (χ0v) is 17.3. The van der Waals surface area contributed by atoms with Gasteiger partial charge in [0.05, 0.1) is 35.8 Å². The van der Waals surface area contributed by atoms with Crippen molar-refractivity contribution >= 4 is 38.5 Å². The predicted molar refractivity (Wildman–Crippen MR) is 116 cm³/mol. The molecule has 1 unspecified atom stereocenters. The number of nitrogens with zero attached hydrogens (tertiary/aromatic N) is 5. The number of anilines is 3. The Balaban J connectivity index is 1.61. The van der Waals surface area contributed by atoms with Gasteiger partial charge in [0.2, 0.25) is 16.0 Å². The van der Waals surface area contributed by atoms with Gasteiger partial charge in [0.25, 0.3) is 0 Å². The quantitative estimate of drug-likeness (QED) is 0.433. The Morgan fingerprint density at radius 2 is 2.03 bits per heavy atom. The zero-order chi connectivity index (χ0) is 21.6. The van der Waals surface area contributed by atoms with Crippen LogP contribution in [0.15, 0.2) is 48.9 Å². The number of phenols is 1. The maximum atomic E-state index is 11.5. The Hall–Kier alpha value is -3.73. The van der Waals surface area contributed by atoms with Crippen LogP contribution in [-0.2, 0) is 16.4 Å². The van der Waals surface area contributed by atoms with E-state index in [9.17, 15) is 13.5 Å². The molecule has 3 N–H and O–H groups in total. The van der Waals surface area contributed by atoms with E-state index in [1.807, 2.05) is 17.0 Å². The molecule has 0 saturated heterocycles. The lowest BCUT2D eigenvalue weighted by molar-refractivity contribution is 0.469. The number of phenolic OH excluding ortho intramolecular Hbond substituents is 1. The monoisotopic (exact) mass is 437 g/mol. The number of hydrogen-bond donors (Lipinski definition) is 3. The van der Waals surface area contributed by atoms with Gasteiger partial charge < -0.3 is 10.0 Å². The van der Waals surface area contributed by atoms with Gasteiger partial charge in [-0.15, -0.1) is 0 Å². The van der Waals surface area contributed by atoms with Crippen molar-refractivity contribution in [3.8, 4) is 5.75 Å². The van der Waals surface area contributed by atoms with Gasteiger partial charge >= 0.3 is 0 Å². The lowest BCUT2D eigenvalue weighted by Crippen LogP contribution is -2.24. The molecule has 1 aromatic carbocycles. The largest absolute Gasteiger partial charge is 0.508 e. The number of sulfonamides is 1. The van der Waals surface area contributed by atoms with Crippen LogP contribution in [0.5, 0.6) is 5.75 Å². The summed E-state index contributed by atoms with van der Waals surface area (Å²) in [6, 6.07) is 8.73. The SMILES string of the molecule is CS(=O)(=O)Nc1ccc(N(c2ncc3cn[nH]c3n2)C2CCc3c(O)cccc32)cn1. The van der Waals surface area contributed by atoms with E-state index in [2.05, 4.69) is 29.9 Å². The number of hydrogen-bond acceptors (Lipinski definition) is 8. The minimum absolute atomic E-state index is 0.127. The third-order valence-corrected chi connectivity index (χ3v) is 5.82. The minimum atomic E-state index is -3.43. The highest BCUT2D eigenvalue weighted by atomic mass is 32.2. The highest BCUT2D eigenvalue weighted by molar-refractivity contribution is 7.92. The molecule has 10 nitrogen and oxygen atoms in total. The van der Waals surface area contributed by atoms with Crippen molar-refractivity contribution in [2.75, 3.05) is 15.9 Å². The average molecular weight is 437 g/mol. The van der Waals surface area contributed by atoms with E-state index < -0.39 is 10.0 Å². The first-order valence-corrected chi connectivity index (χ1v) is 11.5. The summed E-state index contributed by atoms with van der Waals surface area (Å²) < 4.78 is 25.4. The van der Waals surface area contributed by atoms with Crippen LogP contribution < -0.4 is 9.62 Å². The highest BCUT2D eigenvalue weighted by Gasteiger charge is 2.32. The fourth-order valence-corrected chi connectivity index (χ4v) is 4.44. The molecule has 0 saturated carbocycles. The van der Waals surface area contributed by atoms with Crippen LogP contribution >= 0.6 is 0 Å². The fourth-order valence-electron chi connectivity index (χ4n) is 3.94. The van der Waals surface area contributed by atoms with Crippen molar-refractivity contribution in [3.05, 3.63) is 60.0 Å². The molecule has 0 fully saturated rings. The summed E-state index contributed by atoms with van der Waals surface area (Å²) in [5.74, 6) is 0.944. The molecule has 4 aromatic rings. The molecule has 1 aliphatic carbocycles. The second-order valence-electron chi connectivity index (χ2n) is 7.39. The smallest absolute Gasteiger partial charge is 0.232 e. The molecule has 158 valence electrons. The molecule has 5 rings (SSSR count). The molecule has 11 heteroatoms. The molecule has 0 aliphatic heterocycles. The first-order chi connectivity index (χ1) is 14.9. The Labute approximate surface area is 178 Å². The highest BCUT2D eigenvalue weighted by Crippen LogP contribution is 2.44. The van der Waals surface area contributed by atoms with Crippen molar-refractivity contribution < 1.29 is 13.5 Å². The van der Waals surface area contributed by atoms with Crippen LogP contribution in [0.25, 0.3) is 11.0 Å². The molecule has 1 aliphatic rings. The molecule has 0 spiro atoms. The summed E-state index contributed by atoms with van der Waals surface area (Å²) in [6.07, 6.45) is 7.47. The van der Waals surface area contributed by atoms with Gasteiger partial charge in [-0.1, -0.05) is 12.1 Å². The van der Waals surface area contributed by atoms with Crippen molar-refractivity contribution in [3.63, 3.8) is 0 Å². The van der Waals surface area contributed by atoms with E-state index in [0.29, 0.717) is 17.3 Å². The summed E-state index contributed by atoms with van der Waals surface area (Å²) in [4.78, 5) is 15.4. The molecular formula is C20H19N7O3S. The summed E-state index contributed by atoms with van der Waals surface area (Å²) in [6.45, 7) is 0. The van der Waals surface area contributed by atoms with E-state index in [1.165, 1.54) is 0 Å². The number of aromatic nitrogens is 5. The van der Waals surface area contributed by atoms with E-state index in [1.54, 1.807) is 36.8 Å². The van der Waals surface area contributed by atoms with E-state index >= 15 is 0 Å². The van der Waals surface area contributed by atoms with Crippen LogP contribution in [0.1, 0.15) is 23.6 Å². The van der Waals surface area contributed by atoms with Crippen molar-refractivity contribution in [1.29, 1.82) is 0 Å². The summed E-state index contributed by atoms with van der Waals surface area (Å²) in [5.41, 5.74) is 3.20. The molecule has 3 aromatic heterocycles. The van der Waals surface area contributed by atoms with Gasteiger partial charge in [-0.2, -0.15) is 10.1 Å². The van der Waals surface area contributed by atoms with E-state index in [4.69, 9.17) is 0 Å². The molecule has 0 bridgehead atoms. The second kappa shape index (κ2) is 7.20. The van der Waals surface area contributed by atoms with Gasteiger partial charge in [0.1, 0.15) is 11.6 Å². The fraction of sp³-hybridized carbons (Fsp3) is 0.200. The van der Waals surface area contributed by atoms with Crippen LogP contribution in [0, 0.1) is 0 Å². The summed E-state index contributed by atoms with van der Waals surface area (Å²) >= 11 is 0. The lowest BCUT2D eigenvalue weighted by Gasteiger charge is -2.29. The normalized spacial score (nSPS) is 15.7. The van der Waals surface area contributed by atoms with Crippen LogP contribution in [-0.4, -0.2) is 44.9 Å². The maximum absolute atomic E-state index is 11.5. The van der Waals surface area contributed by atoms with Crippen LogP contribution in [0.3, 0.4) is 0 Å². The third kappa shape index (κ3) is 3.63. The van der Waals surface area contributed by atoms with Gasteiger partial charge in [0, 0.05) is 6.20 Å². The molecular weight excluding hydrogens is 418 g/mol. The number of rotatable bonds is 5. The second-order valence-corrected chi connectivity index (χ2v) is 9.14. The van der Waals surface area contributed by atoms with Crippen molar-refractivity contribution in [2.24, 2.45) is 0 Å². The van der Waals surface area contributed by atoms with Crippen LogP contribution in [0.2, 0.25) is 0 Å². The van der Waals surface area contributed by atoms with Gasteiger partial charge in [0.15, 0.2) is 5.65 Å². The number of aromatic amines is 1. The van der Waals surface area contributed by atoms with E-state index in [0.717, 1.165) is 35.6 Å². The summed E-state index contributed by atoms with van der Waals surface area (Å²) in [7, 11) is -3.43.